The van der Waals surface area contributed by atoms with Crippen molar-refractivity contribution in [3.63, 3.8) is 0 Å². The first-order valence-corrected chi connectivity index (χ1v) is 9.62. The molecule has 2 aromatic carbocycles. The normalized spacial score (nSPS) is 13.9. The zero-order valence-corrected chi connectivity index (χ0v) is 15.7. The van der Waals surface area contributed by atoms with Gasteiger partial charge in [-0.05, 0) is 48.2 Å². The summed E-state index contributed by atoms with van der Waals surface area (Å²) in [6, 6.07) is 19.3. The number of amides is 1. The molecular weight excluding hydrogens is 334 g/mol. The number of hydrogen-bond donors (Lipinski definition) is 1. The van der Waals surface area contributed by atoms with Gasteiger partial charge in [0.1, 0.15) is 0 Å². The lowest BCUT2D eigenvalue weighted by Gasteiger charge is -2.22. The average Bonchev–Trinajstić information content (AvgIpc) is 3.50. The minimum atomic E-state index is 0.0594. The summed E-state index contributed by atoms with van der Waals surface area (Å²) in [5.74, 6) is 0.0594. The summed E-state index contributed by atoms with van der Waals surface area (Å²) in [5, 5.41) is 5.57. The van der Waals surface area contributed by atoms with Gasteiger partial charge >= 0.3 is 0 Å². The number of anilines is 1. The van der Waals surface area contributed by atoms with Crippen molar-refractivity contribution in [2.24, 2.45) is 0 Å². The molecule has 1 saturated carbocycles. The van der Waals surface area contributed by atoms with E-state index in [4.69, 9.17) is 0 Å². The van der Waals surface area contributed by atoms with E-state index in [1.54, 1.807) is 6.20 Å². The van der Waals surface area contributed by atoms with E-state index < -0.39 is 0 Å². The highest BCUT2D eigenvalue weighted by Gasteiger charge is 2.29. The van der Waals surface area contributed by atoms with Crippen LogP contribution in [-0.2, 0) is 11.3 Å². The van der Waals surface area contributed by atoms with Crippen LogP contribution >= 0.6 is 0 Å². The first kappa shape index (κ1) is 17.7. The molecule has 27 heavy (non-hydrogen) atoms. The van der Waals surface area contributed by atoms with Crippen molar-refractivity contribution in [3.05, 3.63) is 72.1 Å². The molecule has 138 valence electrons. The van der Waals surface area contributed by atoms with Crippen molar-refractivity contribution >= 4 is 22.4 Å². The second-order valence-corrected chi connectivity index (χ2v) is 7.32. The molecule has 0 atom stereocenters. The zero-order chi connectivity index (χ0) is 18.6. The third-order valence-corrected chi connectivity index (χ3v) is 5.12. The minimum Gasteiger partial charge on any atom is -0.326 e. The minimum absolute atomic E-state index is 0.0594. The fourth-order valence-corrected chi connectivity index (χ4v) is 3.57. The first-order valence-electron chi connectivity index (χ1n) is 9.62. The highest BCUT2D eigenvalue weighted by Crippen LogP contribution is 2.30. The lowest BCUT2D eigenvalue weighted by molar-refractivity contribution is -0.116. The van der Waals surface area contributed by atoms with E-state index in [1.807, 2.05) is 19.1 Å². The Labute approximate surface area is 160 Å². The molecule has 1 fully saturated rings. The summed E-state index contributed by atoms with van der Waals surface area (Å²) in [5.41, 5.74) is 3.06. The van der Waals surface area contributed by atoms with Gasteiger partial charge in [-0.3, -0.25) is 14.7 Å². The Hall–Kier alpha value is -2.72. The monoisotopic (exact) mass is 359 g/mol. The van der Waals surface area contributed by atoms with Crippen LogP contribution in [0.4, 0.5) is 5.69 Å². The molecule has 1 amide bonds. The fourth-order valence-electron chi connectivity index (χ4n) is 3.57. The molecule has 1 N–H and O–H groups in total. The molecule has 1 aliphatic carbocycles. The van der Waals surface area contributed by atoms with Gasteiger partial charge in [0.15, 0.2) is 0 Å². The third-order valence-electron chi connectivity index (χ3n) is 5.12. The van der Waals surface area contributed by atoms with E-state index in [2.05, 4.69) is 57.7 Å². The average molecular weight is 359 g/mol. The van der Waals surface area contributed by atoms with Crippen molar-refractivity contribution < 1.29 is 4.79 Å². The largest absolute Gasteiger partial charge is 0.326 e. The number of hydrogen-bond acceptors (Lipinski definition) is 3. The first-order chi connectivity index (χ1) is 13.2. The van der Waals surface area contributed by atoms with Gasteiger partial charge in [0, 0.05) is 43.1 Å². The number of nitrogens with zero attached hydrogens (tertiary/aromatic N) is 2. The molecule has 1 aromatic heterocycles. The van der Waals surface area contributed by atoms with E-state index >= 15 is 0 Å². The third kappa shape index (κ3) is 4.52. The van der Waals surface area contributed by atoms with Crippen LogP contribution in [0.3, 0.4) is 0 Å². The van der Waals surface area contributed by atoms with Crippen LogP contribution in [0.5, 0.6) is 0 Å². The Morgan fingerprint density at radius 1 is 1.15 bits per heavy atom. The van der Waals surface area contributed by atoms with Crippen LogP contribution in [0.2, 0.25) is 0 Å². The number of carbonyl (C=O) groups excluding carboxylic acids is 1. The number of carbonyl (C=O) groups is 1. The molecular formula is C23H25N3O. The second kappa shape index (κ2) is 7.89. The molecule has 1 heterocycles. The molecule has 1 aliphatic rings. The maximum Gasteiger partial charge on any atom is 0.225 e. The van der Waals surface area contributed by atoms with E-state index in [9.17, 15) is 4.79 Å². The number of pyridine rings is 1. The van der Waals surface area contributed by atoms with Gasteiger partial charge in [0.2, 0.25) is 5.91 Å². The van der Waals surface area contributed by atoms with Crippen LogP contribution in [0, 0.1) is 6.92 Å². The van der Waals surface area contributed by atoms with Crippen molar-refractivity contribution in [2.75, 3.05) is 11.9 Å². The number of aromatic nitrogens is 1. The van der Waals surface area contributed by atoms with E-state index in [1.165, 1.54) is 29.2 Å². The number of aryl methyl sites for hydroxylation is 1. The van der Waals surface area contributed by atoms with Gasteiger partial charge in [0.05, 0.1) is 0 Å². The lowest BCUT2D eigenvalue weighted by Crippen LogP contribution is -2.29. The predicted octanol–water partition coefficient (Wildman–Crippen LogP) is 4.54. The van der Waals surface area contributed by atoms with Gasteiger partial charge < -0.3 is 5.32 Å². The Kier molecular flexibility index (Phi) is 5.16. The quantitative estimate of drug-likeness (QED) is 0.674. The van der Waals surface area contributed by atoms with Crippen molar-refractivity contribution in [1.29, 1.82) is 0 Å². The Morgan fingerprint density at radius 3 is 2.78 bits per heavy atom. The van der Waals surface area contributed by atoms with Crippen LogP contribution < -0.4 is 5.32 Å². The van der Waals surface area contributed by atoms with Crippen LogP contribution in [0.25, 0.3) is 10.8 Å². The van der Waals surface area contributed by atoms with Crippen molar-refractivity contribution in [2.45, 2.75) is 38.8 Å². The highest BCUT2D eigenvalue weighted by atomic mass is 16.1. The van der Waals surface area contributed by atoms with Crippen molar-refractivity contribution in [3.8, 4) is 0 Å². The smallest absolute Gasteiger partial charge is 0.225 e. The Balaban J connectivity index is 1.40. The fraction of sp³-hybridized carbons (Fsp3) is 0.304. The van der Waals surface area contributed by atoms with E-state index in [-0.39, 0.29) is 5.91 Å². The Morgan fingerprint density at radius 2 is 1.96 bits per heavy atom. The summed E-state index contributed by atoms with van der Waals surface area (Å²) in [4.78, 5) is 19.0. The van der Waals surface area contributed by atoms with Gasteiger partial charge in [-0.2, -0.15) is 0 Å². The number of fused-ring (bicyclic) bond motifs is 1. The standard InChI is InChI=1S/C23H25N3O/c1-17-15-20(11-13-24-17)25-23(27)12-14-26(21-9-10-21)16-19-7-4-6-18-5-2-3-8-22(18)19/h2-8,11,13,15,21H,9-10,12,14,16H2,1H3,(H,24,25,27). The molecule has 0 spiro atoms. The summed E-state index contributed by atoms with van der Waals surface area (Å²) >= 11 is 0. The maximum atomic E-state index is 12.4. The molecule has 3 aromatic rings. The van der Waals surface area contributed by atoms with Crippen LogP contribution in [0.15, 0.2) is 60.8 Å². The molecule has 0 saturated heterocycles. The summed E-state index contributed by atoms with van der Waals surface area (Å²) in [7, 11) is 0. The number of nitrogens with one attached hydrogen (secondary N) is 1. The Bertz CT molecular complexity index is 944. The molecule has 0 bridgehead atoms. The maximum absolute atomic E-state index is 12.4. The highest BCUT2D eigenvalue weighted by molar-refractivity contribution is 5.90. The van der Waals surface area contributed by atoms with Crippen LogP contribution in [-0.4, -0.2) is 28.4 Å². The molecule has 0 unspecified atom stereocenters. The topological polar surface area (TPSA) is 45.2 Å². The zero-order valence-electron chi connectivity index (χ0n) is 15.7. The summed E-state index contributed by atoms with van der Waals surface area (Å²) in [6.45, 7) is 3.60. The van der Waals surface area contributed by atoms with Crippen LogP contribution in [0.1, 0.15) is 30.5 Å². The van der Waals surface area contributed by atoms with Gasteiger partial charge in [-0.25, -0.2) is 0 Å². The van der Waals surface area contributed by atoms with Gasteiger partial charge in [-0.15, -0.1) is 0 Å². The molecule has 4 nitrogen and oxygen atoms in total. The lowest BCUT2D eigenvalue weighted by atomic mass is 10.0. The molecule has 0 aliphatic heterocycles. The van der Waals surface area contributed by atoms with Gasteiger partial charge in [-0.1, -0.05) is 42.5 Å². The predicted molar refractivity (Wildman–Crippen MR) is 110 cm³/mol. The molecule has 0 radical (unpaired) electrons. The number of rotatable bonds is 7. The number of benzene rings is 2. The van der Waals surface area contributed by atoms with E-state index in [0.29, 0.717) is 12.5 Å². The summed E-state index contributed by atoms with van der Waals surface area (Å²) < 4.78 is 0. The van der Waals surface area contributed by atoms with Crippen molar-refractivity contribution in [1.82, 2.24) is 9.88 Å². The summed E-state index contributed by atoms with van der Waals surface area (Å²) in [6.07, 6.45) is 4.69. The van der Waals surface area contributed by atoms with Gasteiger partial charge in [0.25, 0.3) is 0 Å². The molecule has 4 rings (SSSR count). The molecule has 4 heteroatoms. The van der Waals surface area contributed by atoms with E-state index in [0.717, 1.165) is 24.5 Å². The SMILES string of the molecule is Cc1cc(NC(=O)CCN(Cc2cccc3ccccc23)C2CC2)ccn1. The second-order valence-electron chi connectivity index (χ2n) is 7.32.